The van der Waals surface area contributed by atoms with Gasteiger partial charge in [-0.1, -0.05) is 44.2 Å². The zero-order chi connectivity index (χ0) is 43.7. The van der Waals surface area contributed by atoms with Gasteiger partial charge in [0.1, 0.15) is 36.4 Å². The fourth-order valence-corrected chi connectivity index (χ4v) is 6.53. The molecule has 0 saturated carbocycles. The summed E-state index contributed by atoms with van der Waals surface area (Å²) in [5.41, 5.74) is 10.8. The van der Waals surface area contributed by atoms with Gasteiger partial charge >= 0.3 is 19.3 Å². The van der Waals surface area contributed by atoms with Gasteiger partial charge in [0.15, 0.2) is 0 Å². The molecule has 3 rings (SSSR count). The Kier molecular flexibility index (Phi) is 18.7. The Bertz CT molecular complexity index is 2040. The highest BCUT2D eigenvalue weighted by atomic mass is 31.2. The molecule has 4 atom stereocenters. The molecule has 0 aliphatic heterocycles. The number of carbonyl (C=O) groups is 6. The van der Waals surface area contributed by atoms with Crippen molar-refractivity contribution < 1.29 is 57.4 Å². The topological polar surface area (TPSA) is 332 Å². The summed E-state index contributed by atoms with van der Waals surface area (Å²) < 4.78 is 21.9. The fourth-order valence-electron chi connectivity index (χ4n) is 5.83. The number of alkyl carbamates (subject to hydrolysis) is 1. The SMILES string of the molecule is CC(C)C[C@H](NC(=O)[C@H](CCCCN)NC(=O)[C@@H](CO)NC(=O)OCc1ccccc1)C(=O)N[C@@H](CCC(N)=O)C(=O)Nc1ccc2c(CP(=O)(O)O)cc(=O)oc2c1. The monoisotopic (exact) mass is 845 g/mol. The van der Waals surface area contributed by atoms with Crippen LogP contribution in [-0.2, 0) is 46.0 Å². The number of aliphatic hydroxyl groups is 1. The Morgan fingerprint density at radius 3 is 2.05 bits per heavy atom. The number of benzene rings is 2. The smallest absolute Gasteiger partial charge is 0.408 e. The fraction of sp³-hybridized carbons (Fsp3) is 0.447. The molecule has 2 aromatic carbocycles. The van der Waals surface area contributed by atoms with Crippen molar-refractivity contribution in [3.8, 4) is 0 Å². The molecule has 0 saturated heterocycles. The minimum Gasteiger partial charge on any atom is -0.445 e. The predicted molar refractivity (Wildman–Crippen MR) is 214 cm³/mol. The van der Waals surface area contributed by atoms with Gasteiger partial charge in [-0.3, -0.25) is 28.5 Å². The van der Waals surface area contributed by atoms with Crippen LogP contribution in [0.1, 0.15) is 63.5 Å². The van der Waals surface area contributed by atoms with Crippen molar-refractivity contribution >= 4 is 59.9 Å². The van der Waals surface area contributed by atoms with Crippen molar-refractivity contribution in [3.05, 3.63) is 76.1 Å². The van der Waals surface area contributed by atoms with E-state index < -0.39 is 85.8 Å². The first kappa shape index (κ1) is 47.7. The summed E-state index contributed by atoms with van der Waals surface area (Å²) in [6.45, 7) is 2.91. The summed E-state index contributed by atoms with van der Waals surface area (Å²) in [6, 6.07) is 8.30. The number of nitrogens with one attached hydrogen (secondary N) is 5. The summed E-state index contributed by atoms with van der Waals surface area (Å²) >= 11 is 0. The second kappa shape index (κ2) is 23.1. The van der Waals surface area contributed by atoms with Crippen molar-refractivity contribution in [3.63, 3.8) is 0 Å². The molecule has 12 N–H and O–H groups in total. The molecular weight excluding hydrogens is 793 g/mol. The van der Waals surface area contributed by atoms with Gasteiger partial charge in [-0.05, 0) is 67.8 Å². The molecule has 0 aliphatic rings. The van der Waals surface area contributed by atoms with Crippen molar-refractivity contribution in [2.45, 2.75) is 89.3 Å². The highest BCUT2D eigenvalue weighted by molar-refractivity contribution is 7.50. The lowest BCUT2D eigenvalue weighted by atomic mass is 10.0. The number of carbonyl (C=O) groups excluding carboxylic acids is 6. The first-order valence-corrected chi connectivity index (χ1v) is 20.6. The largest absolute Gasteiger partial charge is 0.445 e. The summed E-state index contributed by atoms with van der Waals surface area (Å²) in [5.74, 6) is -4.28. The van der Waals surface area contributed by atoms with Crippen molar-refractivity contribution in [1.82, 2.24) is 21.3 Å². The zero-order valence-corrected chi connectivity index (χ0v) is 33.6. The molecule has 3 aromatic rings. The van der Waals surface area contributed by atoms with Gasteiger partial charge in [0.2, 0.25) is 29.5 Å². The number of hydrogen-bond acceptors (Lipinski definition) is 12. The number of anilines is 1. The van der Waals surface area contributed by atoms with E-state index in [-0.39, 0.29) is 67.0 Å². The molecular formula is C38H52N7O13P. The summed E-state index contributed by atoms with van der Waals surface area (Å²) in [4.78, 5) is 110. The first-order valence-electron chi connectivity index (χ1n) is 18.8. The first-order chi connectivity index (χ1) is 27.9. The van der Waals surface area contributed by atoms with E-state index in [4.69, 9.17) is 20.6 Å². The highest BCUT2D eigenvalue weighted by Crippen LogP contribution is 2.40. The number of nitrogens with two attached hydrogens (primary N) is 2. The van der Waals surface area contributed by atoms with Crippen LogP contribution in [0.3, 0.4) is 0 Å². The molecule has 0 bridgehead atoms. The van der Waals surface area contributed by atoms with Crippen LogP contribution >= 0.6 is 7.60 Å². The van der Waals surface area contributed by atoms with Gasteiger partial charge in [-0.2, -0.15) is 0 Å². The van der Waals surface area contributed by atoms with E-state index in [1.807, 2.05) is 0 Å². The van der Waals surface area contributed by atoms with Gasteiger partial charge in [0.25, 0.3) is 0 Å². The van der Waals surface area contributed by atoms with Gasteiger partial charge in [-0.15, -0.1) is 0 Å². The Balaban J connectivity index is 1.77. The average Bonchev–Trinajstić information content (AvgIpc) is 3.16. The third-order valence-corrected chi connectivity index (χ3v) is 9.46. The molecule has 1 aromatic heterocycles. The van der Waals surface area contributed by atoms with E-state index in [1.165, 1.54) is 18.2 Å². The van der Waals surface area contributed by atoms with E-state index in [1.54, 1.807) is 44.2 Å². The van der Waals surface area contributed by atoms with E-state index in [0.29, 0.717) is 18.4 Å². The number of ether oxygens (including phenoxy) is 1. The second-order valence-corrected chi connectivity index (χ2v) is 15.8. The maximum atomic E-state index is 13.8. The third-order valence-electron chi connectivity index (χ3n) is 8.71. The molecule has 0 spiro atoms. The molecule has 0 fully saturated rings. The van der Waals surface area contributed by atoms with Gasteiger partial charge < -0.3 is 62.1 Å². The maximum absolute atomic E-state index is 13.8. The number of unbranched alkanes of at least 4 members (excludes halogenated alkanes) is 1. The quantitative estimate of drug-likeness (QED) is 0.0355. The number of rotatable bonds is 23. The molecule has 322 valence electrons. The van der Waals surface area contributed by atoms with E-state index in [2.05, 4.69) is 26.6 Å². The van der Waals surface area contributed by atoms with Crippen LogP contribution in [0.15, 0.2) is 63.8 Å². The van der Waals surface area contributed by atoms with Crippen LogP contribution in [0.25, 0.3) is 11.0 Å². The van der Waals surface area contributed by atoms with E-state index in [9.17, 15) is 53.0 Å². The molecule has 59 heavy (non-hydrogen) atoms. The predicted octanol–water partition coefficient (Wildman–Crippen LogP) is 0.592. The van der Waals surface area contributed by atoms with Crippen LogP contribution in [0, 0.1) is 5.92 Å². The minimum atomic E-state index is -4.56. The lowest BCUT2D eigenvalue weighted by molar-refractivity contribution is -0.134. The van der Waals surface area contributed by atoms with Gasteiger partial charge in [0, 0.05) is 29.6 Å². The number of primary amides is 1. The Labute approximate surface area is 339 Å². The molecule has 20 nitrogen and oxygen atoms in total. The molecule has 0 unspecified atom stereocenters. The second-order valence-electron chi connectivity index (χ2n) is 14.2. The molecule has 1 heterocycles. The normalized spacial score (nSPS) is 13.4. The number of fused-ring (bicyclic) bond motifs is 1. The number of amides is 6. The lowest BCUT2D eigenvalue weighted by Gasteiger charge is -2.27. The molecule has 6 amide bonds. The van der Waals surface area contributed by atoms with Crippen LogP contribution in [0.2, 0.25) is 0 Å². The summed E-state index contributed by atoms with van der Waals surface area (Å²) in [7, 11) is -4.56. The lowest BCUT2D eigenvalue weighted by Crippen LogP contribution is -2.58. The summed E-state index contributed by atoms with van der Waals surface area (Å²) in [5, 5.41) is 22.7. The van der Waals surface area contributed by atoms with E-state index >= 15 is 0 Å². The Morgan fingerprint density at radius 2 is 1.44 bits per heavy atom. The van der Waals surface area contributed by atoms with E-state index in [0.717, 1.165) is 6.07 Å². The molecule has 0 aliphatic carbocycles. The zero-order valence-electron chi connectivity index (χ0n) is 32.7. The number of aliphatic hydroxyl groups excluding tert-OH is 1. The van der Waals surface area contributed by atoms with Crippen molar-refractivity contribution in [2.75, 3.05) is 18.5 Å². The minimum absolute atomic E-state index is 0.0256. The number of hydrogen-bond donors (Lipinski definition) is 10. The Morgan fingerprint density at radius 1 is 0.814 bits per heavy atom. The van der Waals surface area contributed by atoms with Crippen LogP contribution in [0.5, 0.6) is 0 Å². The van der Waals surface area contributed by atoms with Crippen LogP contribution in [0.4, 0.5) is 10.5 Å². The highest BCUT2D eigenvalue weighted by Gasteiger charge is 2.32. The van der Waals surface area contributed by atoms with Gasteiger partial charge in [-0.25, -0.2) is 9.59 Å². The average molecular weight is 846 g/mol. The van der Waals surface area contributed by atoms with Gasteiger partial charge in [0.05, 0.1) is 12.8 Å². The third kappa shape index (κ3) is 16.6. The standard InChI is InChI=1S/C38H52N7O13P/c1-22(2)16-29(44-35(50)27(10-6-7-15-39)42-37(52)30(19-46)45-38(53)57-20-23-8-4-3-5-9-23)36(51)43-28(13-14-32(40)47)34(49)41-25-11-12-26-24(21-59(54,55)56)17-33(48)58-31(26)18-25/h3-5,8-9,11-12,17-18,22,27-30,46H,6-7,10,13-16,19-21,39H2,1-2H3,(H2,40,47)(H,41,49)(H,42,52)(H,43,51)(H,44,50)(H,45,53)(H2,54,55,56)/t27-,28-,29-,30+/m0/s1. The Hall–Kier alpha value is -5.66. The van der Waals surface area contributed by atoms with Crippen LogP contribution in [-0.4, -0.2) is 87.8 Å². The molecule has 0 radical (unpaired) electrons. The molecule has 21 heteroatoms. The summed E-state index contributed by atoms with van der Waals surface area (Å²) in [6.07, 6.45) is -1.31. The van der Waals surface area contributed by atoms with Crippen LogP contribution < -0.4 is 43.7 Å². The van der Waals surface area contributed by atoms with Crippen molar-refractivity contribution in [1.29, 1.82) is 0 Å². The van der Waals surface area contributed by atoms with Crippen molar-refractivity contribution in [2.24, 2.45) is 17.4 Å². The maximum Gasteiger partial charge on any atom is 0.408 e.